The van der Waals surface area contributed by atoms with Crippen LogP contribution in [0.3, 0.4) is 0 Å². The number of aromatic amines is 1. The highest BCUT2D eigenvalue weighted by atomic mass is 16.1. The highest BCUT2D eigenvalue weighted by Gasteiger charge is 2.32. The van der Waals surface area contributed by atoms with E-state index in [4.69, 9.17) is 5.73 Å². The first-order valence-electron chi connectivity index (χ1n) is 7.05. The van der Waals surface area contributed by atoms with E-state index in [1.807, 2.05) is 0 Å². The number of nitrogens with two attached hydrogens (primary N) is 1. The monoisotopic (exact) mass is 265 g/mol. The number of carbonyl (C=O) groups is 1. The molecule has 0 saturated heterocycles. The summed E-state index contributed by atoms with van der Waals surface area (Å²) >= 11 is 0. The van der Waals surface area contributed by atoms with Crippen LogP contribution in [0.5, 0.6) is 0 Å². The molecular weight excluding hydrogens is 242 g/mol. The van der Waals surface area contributed by atoms with Gasteiger partial charge in [0.15, 0.2) is 0 Å². The zero-order valence-corrected chi connectivity index (χ0v) is 11.3. The van der Waals surface area contributed by atoms with Gasteiger partial charge in [0.1, 0.15) is 12.2 Å². The number of aromatic nitrogens is 3. The van der Waals surface area contributed by atoms with Crippen molar-refractivity contribution in [2.45, 2.75) is 44.9 Å². The van der Waals surface area contributed by atoms with Gasteiger partial charge in [-0.05, 0) is 24.8 Å². The van der Waals surface area contributed by atoms with Crippen LogP contribution in [0.4, 0.5) is 0 Å². The standard InChI is InChI=1S/C13H23N5O/c14-9-13(5-2-1-3-6-13)8-12(19)15-7-4-11-16-10-17-18-11/h10H,1-9,14H2,(H,15,19)(H,16,17,18). The number of hydrogen-bond acceptors (Lipinski definition) is 4. The van der Waals surface area contributed by atoms with E-state index in [0.29, 0.717) is 25.9 Å². The summed E-state index contributed by atoms with van der Waals surface area (Å²) in [5.74, 6) is 0.901. The van der Waals surface area contributed by atoms with Gasteiger partial charge < -0.3 is 11.1 Å². The van der Waals surface area contributed by atoms with Gasteiger partial charge >= 0.3 is 0 Å². The highest BCUT2D eigenvalue weighted by Crippen LogP contribution is 2.38. The lowest BCUT2D eigenvalue weighted by atomic mass is 9.71. The molecule has 1 aromatic heterocycles. The molecule has 1 heterocycles. The number of rotatable bonds is 6. The van der Waals surface area contributed by atoms with E-state index < -0.39 is 0 Å². The van der Waals surface area contributed by atoms with E-state index in [2.05, 4.69) is 20.5 Å². The molecule has 0 bridgehead atoms. The predicted octanol–water partition coefficient (Wildman–Crippen LogP) is 0.763. The average Bonchev–Trinajstić information content (AvgIpc) is 2.93. The van der Waals surface area contributed by atoms with Crippen molar-refractivity contribution < 1.29 is 4.79 Å². The van der Waals surface area contributed by atoms with Gasteiger partial charge in [-0.25, -0.2) is 4.98 Å². The van der Waals surface area contributed by atoms with Gasteiger partial charge in [0.25, 0.3) is 0 Å². The fourth-order valence-electron chi connectivity index (χ4n) is 2.83. The molecule has 1 saturated carbocycles. The molecule has 106 valence electrons. The lowest BCUT2D eigenvalue weighted by Gasteiger charge is -2.35. The van der Waals surface area contributed by atoms with E-state index in [9.17, 15) is 4.79 Å². The Hall–Kier alpha value is -1.43. The van der Waals surface area contributed by atoms with E-state index >= 15 is 0 Å². The molecule has 0 unspecified atom stereocenters. The van der Waals surface area contributed by atoms with Crippen molar-refractivity contribution in [3.8, 4) is 0 Å². The second-order valence-corrected chi connectivity index (χ2v) is 5.47. The van der Waals surface area contributed by atoms with Crippen LogP contribution in [-0.2, 0) is 11.2 Å². The van der Waals surface area contributed by atoms with Gasteiger partial charge in [-0.2, -0.15) is 5.10 Å². The van der Waals surface area contributed by atoms with Crippen LogP contribution in [0, 0.1) is 5.41 Å². The van der Waals surface area contributed by atoms with Gasteiger partial charge in [0.05, 0.1) is 0 Å². The summed E-state index contributed by atoms with van der Waals surface area (Å²) in [6, 6.07) is 0. The van der Waals surface area contributed by atoms with Crippen LogP contribution < -0.4 is 11.1 Å². The second kappa shape index (κ2) is 6.65. The molecule has 0 radical (unpaired) electrons. The maximum Gasteiger partial charge on any atom is 0.220 e. The van der Waals surface area contributed by atoms with Crippen LogP contribution in [0.1, 0.15) is 44.3 Å². The second-order valence-electron chi connectivity index (χ2n) is 5.47. The quantitative estimate of drug-likeness (QED) is 0.707. The molecular formula is C13H23N5O. The van der Waals surface area contributed by atoms with Crippen molar-refractivity contribution in [3.63, 3.8) is 0 Å². The van der Waals surface area contributed by atoms with Crippen molar-refractivity contribution in [1.29, 1.82) is 0 Å². The molecule has 0 aromatic carbocycles. The minimum atomic E-state index is 0.0363. The van der Waals surface area contributed by atoms with Crippen molar-refractivity contribution in [2.75, 3.05) is 13.1 Å². The molecule has 1 aliphatic carbocycles. The fourth-order valence-corrected chi connectivity index (χ4v) is 2.83. The van der Waals surface area contributed by atoms with Gasteiger partial charge in [0.2, 0.25) is 5.91 Å². The highest BCUT2D eigenvalue weighted by molar-refractivity contribution is 5.76. The molecule has 1 fully saturated rings. The molecule has 2 rings (SSSR count). The largest absolute Gasteiger partial charge is 0.356 e. The van der Waals surface area contributed by atoms with E-state index in [1.165, 1.54) is 25.6 Å². The summed E-state index contributed by atoms with van der Waals surface area (Å²) in [4.78, 5) is 16.0. The van der Waals surface area contributed by atoms with Gasteiger partial charge in [-0.15, -0.1) is 0 Å². The SMILES string of the molecule is NCC1(CC(=O)NCCc2ncn[nH]2)CCCCC1. The van der Waals surface area contributed by atoms with E-state index in [1.54, 1.807) is 0 Å². The Balaban J connectivity index is 1.73. The Kier molecular flexibility index (Phi) is 4.90. The van der Waals surface area contributed by atoms with Crippen molar-refractivity contribution in [1.82, 2.24) is 20.5 Å². The summed E-state index contributed by atoms with van der Waals surface area (Å²) in [5.41, 5.74) is 5.93. The van der Waals surface area contributed by atoms with Crippen LogP contribution in [0.2, 0.25) is 0 Å². The zero-order valence-electron chi connectivity index (χ0n) is 11.3. The summed E-state index contributed by atoms with van der Waals surface area (Å²) < 4.78 is 0. The molecule has 0 aliphatic heterocycles. The first-order chi connectivity index (χ1) is 9.24. The van der Waals surface area contributed by atoms with Crippen LogP contribution in [-0.4, -0.2) is 34.2 Å². The molecule has 1 aromatic rings. The van der Waals surface area contributed by atoms with E-state index in [-0.39, 0.29) is 11.3 Å². The summed E-state index contributed by atoms with van der Waals surface area (Å²) in [5, 5.41) is 9.50. The smallest absolute Gasteiger partial charge is 0.220 e. The predicted molar refractivity (Wildman–Crippen MR) is 72.3 cm³/mol. The number of carbonyl (C=O) groups excluding carboxylic acids is 1. The number of amides is 1. The Labute approximate surface area is 113 Å². The van der Waals surface area contributed by atoms with Crippen molar-refractivity contribution in [2.24, 2.45) is 11.1 Å². The molecule has 6 heteroatoms. The Morgan fingerprint density at radius 2 is 2.21 bits per heavy atom. The minimum absolute atomic E-state index is 0.0363. The third-order valence-electron chi connectivity index (χ3n) is 4.03. The minimum Gasteiger partial charge on any atom is -0.356 e. The van der Waals surface area contributed by atoms with Gasteiger partial charge in [-0.3, -0.25) is 9.89 Å². The Morgan fingerprint density at radius 1 is 1.42 bits per heavy atom. The first kappa shape index (κ1) is 14.0. The molecule has 1 aliphatic rings. The molecule has 19 heavy (non-hydrogen) atoms. The van der Waals surface area contributed by atoms with Crippen molar-refractivity contribution in [3.05, 3.63) is 12.2 Å². The van der Waals surface area contributed by atoms with Gasteiger partial charge in [0, 0.05) is 19.4 Å². The normalized spacial score (nSPS) is 18.2. The van der Waals surface area contributed by atoms with E-state index in [0.717, 1.165) is 18.7 Å². The number of hydrogen-bond donors (Lipinski definition) is 3. The summed E-state index contributed by atoms with van der Waals surface area (Å²) in [6.07, 6.45) is 8.54. The Bertz CT molecular complexity index is 384. The molecule has 4 N–H and O–H groups in total. The first-order valence-corrected chi connectivity index (χ1v) is 7.05. The van der Waals surface area contributed by atoms with Crippen molar-refractivity contribution >= 4 is 5.91 Å². The number of H-pyrrole nitrogens is 1. The molecule has 0 atom stereocenters. The fraction of sp³-hybridized carbons (Fsp3) is 0.769. The zero-order chi connectivity index (χ0) is 13.6. The maximum absolute atomic E-state index is 12.0. The lowest BCUT2D eigenvalue weighted by Crippen LogP contribution is -2.39. The molecule has 1 amide bonds. The molecule has 6 nitrogen and oxygen atoms in total. The number of nitrogens with one attached hydrogen (secondary N) is 2. The third-order valence-corrected chi connectivity index (χ3v) is 4.03. The third kappa shape index (κ3) is 4.02. The molecule has 0 spiro atoms. The van der Waals surface area contributed by atoms with Crippen LogP contribution in [0.25, 0.3) is 0 Å². The summed E-state index contributed by atoms with van der Waals surface area (Å²) in [7, 11) is 0. The number of nitrogens with zero attached hydrogens (tertiary/aromatic N) is 2. The lowest BCUT2D eigenvalue weighted by molar-refractivity contribution is -0.123. The Morgan fingerprint density at radius 3 is 2.84 bits per heavy atom. The topological polar surface area (TPSA) is 96.7 Å². The summed E-state index contributed by atoms with van der Waals surface area (Å²) in [6.45, 7) is 1.21. The van der Waals surface area contributed by atoms with Gasteiger partial charge in [-0.1, -0.05) is 19.3 Å². The average molecular weight is 265 g/mol. The maximum atomic E-state index is 12.0. The van der Waals surface area contributed by atoms with Crippen LogP contribution >= 0.6 is 0 Å². The van der Waals surface area contributed by atoms with Crippen LogP contribution in [0.15, 0.2) is 6.33 Å².